The number of hydrogen-bond donors (Lipinski definition) is 0. The molecule has 0 unspecified atom stereocenters. The van der Waals surface area contributed by atoms with Crippen LogP contribution < -0.4 is 9.80 Å². The standard InChI is InChI=1S/C26H34N6O2/c1-6-23-25(29(5)17-20-7-10-22(11-8-20)28(3)4)32-18-21(9-12-24(32)27-23)26(34)31-15-13-30(14-16-31)19(2)33/h7-12,18H,6,13-17H2,1-5H3. The Balaban J connectivity index is 1.59. The van der Waals surface area contributed by atoms with E-state index in [2.05, 4.69) is 48.0 Å². The Labute approximate surface area is 201 Å². The molecule has 0 spiro atoms. The van der Waals surface area contributed by atoms with Gasteiger partial charge in [0.1, 0.15) is 11.5 Å². The fraction of sp³-hybridized carbons (Fsp3) is 0.423. The molecule has 1 aromatic carbocycles. The summed E-state index contributed by atoms with van der Waals surface area (Å²) in [6, 6.07) is 12.3. The van der Waals surface area contributed by atoms with Crippen molar-refractivity contribution in [1.82, 2.24) is 19.2 Å². The van der Waals surface area contributed by atoms with Crippen molar-refractivity contribution in [3.63, 3.8) is 0 Å². The fourth-order valence-corrected chi connectivity index (χ4v) is 4.50. The Kier molecular flexibility index (Phi) is 6.77. The highest BCUT2D eigenvalue weighted by atomic mass is 16.2. The molecule has 3 aromatic rings. The molecule has 4 rings (SSSR count). The van der Waals surface area contributed by atoms with Crippen LogP contribution in [0.5, 0.6) is 0 Å². The van der Waals surface area contributed by atoms with Crippen LogP contribution in [0.1, 0.15) is 35.5 Å². The van der Waals surface area contributed by atoms with Crippen molar-refractivity contribution < 1.29 is 9.59 Å². The Morgan fingerprint density at radius 1 is 0.941 bits per heavy atom. The van der Waals surface area contributed by atoms with E-state index in [1.165, 1.54) is 11.3 Å². The van der Waals surface area contributed by atoms with Gasteiger partial charge in [0.15, 0.2) is 0 Å². The first-order valence-corrected chi connectivity index (χ1v) is 11.8. The molecular formula is C26H34N6O2. The summed E-state index contributed by atoms with van der Waals surface area (Å²) in [5.41, 5.74) is 4.85. The highest BCUT2D eigenvalue weighted by molar-refractivity contribution is 5.94. The van der Waals surface area contributed by atoms with Gasteiger partial charge in [0, 0.05) is 72.7 Å². The van der Waals surface area contributed by atoms with Gasteiger partial charge in [-0.25, -0.2) is 4.98 Å². The Bertz CT molecular complexity index is 1180. The van der Waals surface area contributed by atoms with Crippen LogP contribution in [-0.2, 0) is 17.8 Å². The molecule has 8 nitrogen and oxygen atoms in total. The molecule has 2 aromatic heterocycles. The summed E-state index contributed by atoms with van der Waals surface area (Å²) in [5.74, 6) is 1.05. The predicted molar refractivity (Wildman–Crippen MR) is 136 cm³/mol. The zero-order valence-corrected chi connectivity index (χ0v) is 20.8. The van der Waals surface area contributed by atoms with Gasteiger partial charge < -0.3 is 19.6 Å². The minimum atomic E-state index is -0.00951. The van der Waals surface area contributed by atoms with Crippen LogP contribution in [0.25, 0.3) is 5.65 Å². The lowest BCUT2D eigenvalue weighted by atomic mass is 10.2. The molecule has 1 saturated heterocycles. The van der Waals surface area contributed by atoms with E-state index >= 15 is 0 Å². The first kappa shape index (κ1) is 23.6. The average molecular weight is 463 g/mol. The average Bonchev–Trinajstić information content (AvgIpc) is 3.22. The third-order valence-electron chi connectivity index (χ3n) is 6.49. The lowest BCUT2D eigenvalue weighted by Gasteiger charge is -2.34. The lowest BCUT2D eigenvalue weighted by molar-refractivity contribution is -0.130. The molecule has 180 valence electrons. The third-order valence-corrected chi connectivity index (χ3v) is 6.49. The maximum atomic E-state index is 13.2. The van der Waals surface area contributed by atoms with Crippen LogP contribution in [0.2, 0.25) is 0 Å². The molecule has 3 heterocycles. The van der Waals surface area contributed by atoms with E-state index in [9.17, 15) is 9.59 Å². The number of carbonyl (C=O) groups excluding carboxylic acids is 2. The normalized spacial score (nSPS) is 13.9. The molecule has 0 saturated carbocycles. The first-order valence-electron chi connectivity index (χ1n) is 11.8. The second-order valence-corrected chi connectivity index (χ2v) is 9.10. The van der Waals surface area contributed by atoms with Gasteiger partial charge in [-0.3, -0.25) is 14.0 Å². The van der Waals surface area contributed by atoms with Gasteiger partial charge in [-0.05, 0) is 36.2 Å². The fourth-order valence-electron chi connectivity index (χ4n) is 4.50. The van der Waals surface area contributed by atoms with E-state index in [0.717, 1.165) is 30.1 Å². The number of benzene rings is 1. The predicted octanol–water partition coefficient (Wildman–Crippen LogP) is 2.90. The third kappa shape index (κ3) is 4.71. The summed E-state index contributed by atoms with van der Waals surface area (Å²) in [4.78, 5) is 37.6. The molecule has 0 N–H and O–H groups in total. The molecule has 0 atom stereocenters. The Morgan fingerprint density at radius 2 is 1.59 bits per heavy atom. The van der Waals surface area contributed by atoms with E-state index in [-0.39, 0.29) is 11.8 Å². The van der Waals surface area contributed by atoms with Crippen LogP contribution in [0.3, 0.4) is 0 Å². The number of anilines is 2. The van der Waals surface area contributed by atoms with Gasteiger partial charge in [-0.1, -0.05) is 19.1 Å². The van der Waals surface area contributed by atoms with Crippen LogP contribution in [0, 0.1) is 0 Å². The lowest BCUT2D eigenvalue weighted by Crippen LogP contribution is -2.50. The number of carbonyl (C=O) groups is 2. The van der Waals surface area contributed by atoms with Gasteiger partial charge in [0.05, 0.1) is 11.3 Å². The SMILES string of the molecule is CCc1nc2ccc(C(=O)N3CCN(C(C)=O)CC3)cn2c1N(C)Cc1ccc(N(C)C)cc1. The summed E-state index contributed by atoms with van der Waals surface area (Å²) < 4.78 is 2.03. The second-order valence-electron chi connectivity index (χ2n) is 9.10. The van der Waals surface area contributed by atoms with Gasteiger partial charge in [-0.15, -0.1) is 0 Å². The summed E-state index contributed by atoms with van der Waals surface area (Å²) in [7, 11) is 6.14. The molecule has 0 aliphatic carbocycles. The molecule has 1 aliphatic rings. The summed E-state index contributed by atoms with van der Waals surface area (Å²) in [5, 5.41) is 0. The molecule has 0 radical (unpaired) electrons. The number of rotatable bonds is 6. The number of fused-ring (bicyclic) bond motifs is 1. The van der Waals surface area contributed by atoms with Crippen molar-refractivity contribution in [1.29, 1.82) is 0 Å². The van der Waals surface area contributed by atoms with Gasteiger partial charge >= 0.3 is 0 Å². The first-order chi connectivity index (χ1) is 16.3. The van der Waals surface area contributed by atoms with Gasteiger partial charge in [-0.2, -0.15) is 0 Å². The minimum Gasteiger partial charge on any atom is -0.378 e. The molecular weight excluding hydrogens is 428 g/mol. The largest absolute Gasteiger partial charge is 0.378 e. The van der Waals surface area contributed by atoms with E-state index in [4.69, 9.17) is 4.98 Å². The molecule has 8 heteroatoms. The molecule has 0 bridgehead atoms. The second kappa shape index (κ2) is 9.75. The maximum Gasteiger partial charge on any atom is 0.255 e. The number of piperazine rings is 1. The number of nitrogens with zero attached hydrogens (tertiary/aromatic N) is 6. The van der Waals surface area contributed by atoms with Crippen LogP contribution >= 0.6 is 0 Å². The highest BCUT2D eigenvalue weighted by Crippen LogP contribution is 2.25. The van der Waals surface area contributed by atoms with E-state index < -0.39 is 0 Å². The number of aryl methyl sites for hydroxylation is 1. The number of hydrogen-bond acceptors (Lipinski definition) is 5. The number of aromatic nitrogens is 2. The minimum absolute atomic E-state index is 0.00951. The highest BCUT2D eigenvalue weighted by Gasteiger charge is 2.24. The molecule has 1 fully saturated rings. The number of imidazole rings is 1. The van der Waals surface area contributed by atoms with Crippen molar-refractivity contribution in [2.45, 2.75) is 26.8 Å². The molecule has 2 amide bonds. The topological polar surface area (TPSA) is 64.4 Å². The summed E-state index contributed by atoms with van der Waals surface area (Å²) in [6.45, 7) is 6.67. The quantitative estimate of drug-likeness (QED) is 0.564. The van der Waals surface area contributed by atoms with E-state index in [0.29, 0.717) is 31.7 Å². The van der Waals surface area contributed by atoms with Crippen LogP contribution in [-0.4, -0.2) is 78.3 Å². The van der Waals surface area contributed by atoms with Crippen molar-refractivity contribution >= 4 is 29.0 Å². The maximum absolute atomic E-state index is 13.2. The van der Waals surface area contributed by atoms with Crippen molar-refractivity contribution in [2.75, 3.05) is 57.1 Å². The van der Waals surface area contributed by atoms with E-state index in [1.807, 2.05) is 41.7 Å². The number of amides is 2. The van der Waals surface area contributed by atoms with Crippen molar-refractivity contribution in [3.8, 4) is 0 Å². The monoisotopic (exact) mass is 462 g/mol. The zero-order valence-electron chi connectivity index (χ0n) is 20.8. The molecule has 1 aliphatic heterocycles. The Morgan fingerprint density at radius 3 is 2.18 bits per heavy atom. The zero-order chi connectivity index (χ0) is 24.4. The van der Waals surface area contributed by atoms with Gasteiger partial charge in [0.2, 0.25) is 5.91 Å². The van der Waals surface area contributed by atoms with Crippen LogP contribution in [0.4, 0.5) is 11.5 Å². The Hall–Kier alpha value is -3.55. The van der Waals surface area contributed by atoms with Crippen LogP contribution in [0.15, 0.2) is 42.6 Å². The summed E-state index contributed by atoms with van der Waals surface area (Å²) in [6.07, 6.45) is 2.71. The van der Waals surface area contributed by atoms with E-state index in [1.54, 1.807) is 11.8 Å². The van der Waals surface area contributed by atoms with Crippen molar-refractivity contribution in [3.05, 3.63) is 59.4 Å². The van der Waals surface area contributed by atoms with Gasteiger partial charge in [0.25, 0.3) is 5.91 Å². The smallest absolute Gasteiger partial charge is 0.255 e. The number of pyridine rings is 1. The molecule has 34 heavy (non-hydrogen) atoms. The summed E-state index contributed by atoms with van der Waals surface area (Å²) >= 11 is 0. The van der Waals surface area contributed by atoms with Crippen molar-refractivity contribution in [2.24, 2.45) is 0 Å².